The third-order valence-corrected chi connectivity index (χ3v) is 6.19. The van der Waals surface area contributed by atoms with E-state index in [9.17, 15) is 9.18 Å². The summed E-state index contributed by atoms with van der Waals surface area (Å²) in [7, 11) is 1.66. The number of ether oxygens (including phenoxy) is 1. The van der Waals surface area contributed by atoms with Crippen LogP contribution in [0, 0.1) is 5.82 Å². The van der Waals surface area contributed by atoms with Crippen LogP contribution < -0.4 is 10.6 Å². The zero-order valence-corrected chi connectivity index (χ0v) is 19.9. The SMILES string of the molecule is COCCN1C[C@@H](NC(=O)Nc2cc(C(C)C)nn2-c2ccccc2)[C@H](c2ccccc2F)C1. The van der Waals surface area contributed by atoms with Crippen LogP contribution in [0.25, 0.3) is 5.69 Å². The van der Waals surface area contributed by atoms with Gasteiger partial charge in [0.15, 0.2) is 0 Å². The maximum Gasteiger partial charge on any atom is 0.320 e. The molecule has 34 heavy (non-hydrogen) atoms. The highest BCUT2D eigenvalue weighted by atomic mass is 19.1. The molecular formula is C26H32FN5O2. The van der Waals surface area contributed by atoms with Crippen molar-refractivity contribution in [1.82, 2.24) is 20.0 Å². The second kappa shape index (κ2) is 10.8. The maximum atomic E-state index is 14.6. The van der Waals surface area contributed by atoms with Crippen LogP contribution in [0.2, 0.25) is 0 Å². The van der Waals surface area contributed by atoms with E-state index < -0.39 is 0 Å². The van der Waals surface area contributed by atoms with E-state index in [2.05, 4.69) is 34.5 Å². The molecule has 8 heteroatoms. The summed E-state index contributed by atoms with van der Waals surface area (Å²) in [5.74, 6) is 0.387. The minimum atomic E-state index is -0.340. The van der Waals surface area contributed by atoms with E-state index in [4.69, 9.17) is 4.74 Å². The zero-order chi connectivity index (χ0) is 24.1. The molecule has 0 radical (unpaired) electrons. The summed E-state index contributed by atoms with van der Waals surface area (Å²) in [5.41, 5.74) is 2.36. The Hall–Kier alpha value is -3.23. The molecule has 2 atom stereocenters. The van der Waals surface area contributed by atoms with Crippen molar-refractivity contribution in [2.24, 2.45) is 0 Å². The van der Waals surface area contributed by atoms with Gasteiger partial charge in [0, 0.05) is 38.7 Å². The van der Waals surface area contributed by atoms with Crippen LogP contribution in [-0.2, 0) is 4.74 Å². The number of aromatic nitrogens is 2. The van der Waals surface area contributed by atoms with Gasteiger partial charge in [0.2, 0.25) is 0 Å². The summed E-state index contributed by atoms with van der Waals surface area (Å²) >= 11 is 0. The number of anilines is 1. The van der Waals surface area contributed by atoms with Crippen LogP contribution >= 0.6 is 0 Å². The summed E-state index contributed by atoms with van der Waals surface area (Å²) in [6, 6.07) is 17.8. The highest BCUT2D eigenvalue weighted by Crippen LogP contribution is 2.30. The molecule has 2 aromatic carbocycles. The quantitative estimate of drug-likeness (QED) is 0.518. The Labute approximate surface area is 199 Å². The fraction of sp³-hybridized carbons (Fsp3) is 0.385. The predicted molar refractivity (Wildman–Crippen MR) is 131 cm³/mol. The third-order valence-electron chi connectivity index (χ3n) is 6.19. The van der Waals surface area contributed by atoms with E-state index in [0.717, 1.165) is 17.9 Å². The Morgan fingerprint density at radius 3 is 2.59 bits per heavy atom. The highest BCUT2D eigenvalue weighted by Gasteiger charge is 2.36. The Bertz CT molecular complexity index is 1100. The number of methoxy groups -OCH3 is 1. The number of halogens is 1. The lowest BCUT2D eigenvalue weighted by Crippen LogP contribution is -2.42. The minimum Gasteiger partial charge on any atom is -0.383 e. The molecule has 0 aliphatic carbocycles. The molecule has 1 aromatic heterocycles. The van der Waals surface area contributed by atoms with Gasteiger partial charge in [0.05, 0.1) is 24.0 Å². The van der Waals surface area contributed by atoms with Gasteiger partial charge in [-0.15, -0.1) is 0 Å². The maximum absolute atomic E-state index is 14.6. The molecule has 180 valence electrons. The number of carbonyl (C=O) groups excluding carboxylic acids is 1. The van der Waals surface area contributed by atoms with Crippen LogP contribution in [0.5, 0.6) is 0 Å². The predicted octanol–water partition coefficient (Wildman–Crippen LogP) is 4.37. The van der Waals surface area contributed by atoms with Gasteiger partial charge in [0.1, 0.15) is 11.6 Å². The van der Waals surface area contributed by atoms with E-state index in [0.29, 0.717) is 31.1 Å². The van der Waals surface area contributed by atoms with Crippen LogP contribution in [0.3, 0.4) is 0 Å². The number of amides is 2. The number of hydrogen-bond donors (Lipinski definition) is 2. The average Bonchev–Trinajstić information content (AvgIpc) is 3.43. The fourth-order valence-corrected chi connectivity index (χ4v) is 4.38. The molecule has 0 bridgehead atoms. The smallest absolute Gasteiger partial charge is 0.320 e. The second-order valence-corrected chi connectivity index (χ2v) is 8.94. The van der Waals surface area contributed by atoms with E-state index in [1.807, 2.05) is 42.5 Å². The molecule has 1 aliphatic rings. The minimum absolute atomic E-state index is 0.158. The number of urea groups is 1. The van der Waals surface area contributed by atoms with Crippen molar-refractivity contribution < 1.29 is 13.9 Å². The number of carbonyl (C=O) groups is 1. The Morgan fingerprint density at radius 1 is 1.15 bits per heavy atom. The Kier molecular flexibility index (Phi) is 7.59. The molecule has 0 spiro atoms. The molecule has 2 amide bonds. The fourth-order valence-electron chi connectivity index (χ4n) is 4.38. The first kappa shape index (κ1) is 23.9. The van der Waals surface area contributed by atoms with E-state index in [1.54, 1.807) is 23.9 Å². The van der Waals surface area contributed by atoms with Gasteiger partial charge in [-0.2, -0.15) is 5.10 Å². The van der Waals surface area contributed by atoms with Crippen molar-refractivity contribution in [2.75, 3.05) is 38.7 Å². The van der Waals surface area contributed by atoms with E-state index in [-0.39, 0.29) is 29.7 Å². The third kappa shape index (κ3) is 5.46. The van der Waals surface area contributed by atoms with Gasteiger partial charge in [-0.25, -0.2) is 13.9 Å². The lowest BCUT2D eigenvalue weighted by Gasteiger charge is -2.21. The monoisotopic (exact) mass is 465 g/mol. The first-order valence-corrected chi connectivity index (χ1v) is 11.6. The molecule has 1 saturated heterocycles. The van der Waals surface area contributed by atoms with Crippen molar-refractivity contribution in [3.05, 3.63) is 77.7 Å². The standard InChI is InChI=1S/C26H32FN5O2/c1-18(2)23-15-25(32(30-23)19-9-5-4-6-10-19)29-26(33)28-24-17-31(13-14-34-3)16-21(24)20-11-7-8-12-22(20)27/h4-12,15,18,21,24H,13-14,16-17H2,1-3H3,(H2,28,29,33)/t21-,24+/m0/s1. The number of nitrogens with zero attached hydrogens (tertiary/aromatic N) is 3. The van der Waals surface area contributed by atoms with Crippen LogP contribution in [0.4, 0.5) is 15.0 Å². The number of hydrogen-bond acceptors (Lipinski definition) is 4. The van der Waals surface area contributed by atoms with Crippen LogP contribution in [0.15, 0.2) is 60.7 Å². The van der Waals surface area contributed by atoms with Gasteiger partial charge < -0.3 is 10.1 Å². The normalized spacial score (nSPS) is 18.4. The van der Waals surface area contributed by atoms with Crippen molar-refractivity contribution in [1.29, 1.82) is 0 Å². The largest absolute Gasteiger partial charge is 0.383 e. The first-order chi connectivity index (χ1) is 16.5. The molecule has 2 heterocycles. The summed E-state index contributed by atoms with van der Waals surface area (Å²) in [6.07, 6.45) is 0. The highest BCUT2D eigenvalue weighted by molar-refractivity contribution is 5.89. The number of rotatable bonds is 8. The molecule has 2 N–H and O–H groups in total. The van der Waals surface area contributed by atoms with Crippen molar-refractivity contribution >= 4 is 11.8 Å². The Balaban J connectivity index is 1.53. The molecule has 1 fully saturated rings. The van der Waals surface area contributed by atoms with Crippen molar-refractivity contribution in [3.63, 3.8) is 0 Å². The molecule has 4 rings (SSSR count). The summed E-state index contributed by atoms with van der Waals surface area (Å²) in [4.78, 5) is 15.3. The van der Waals surface area contributed by atoms with E-state index >= 15 is 0 Å². The van der Waals surface area contributed by atoms with Gasteiger partial charge >= 0.3 is 6.03 Å². The molecule has 3 aromatic rings. The van der Waals surface area contributed by atoms with Gasteiger partial charge in [-0.3, -0.25) is 10.2 Å². The summed E-state index contributed by atoms with van der Waals surface area (Å²) in [6.45, 7) is 6.69. The van der Waals surface area contributed by atoms with Crippen molar-refractivity contribution in [2.45, 2.75) is 31.7 Å². The summed E-state index contributed by atoms with van der Waals surface area (Å²) in [5, 5.41) is 10.7. The number of para-hydroxylation sites is 1. The van der Waals surface area contributed by atoms with Crippen molar-refractivity contribution in [3.8, 4) is 5.69 Å². The molecule has 0 unspecified atom stereocenters. The van der Waals surface area contributed by atoms with Gasteiger partial charge in [-0.05, 0) is 29.7 Å². The number of likely N-dealkylation sites (tertiary alicyclic amines) is 1. The molecule has 1 aliphatic heterocycles. The topological polar surface area (TPSA) is 71.4 Å². The number of nitrogens with one attached hydrogen (secondary N) is 2. The second-order valence-electron chi connectivity index (χ2n) is 8.94. The molecular weight excluding hydrogens is 433 g/mol. The van der Waals surface area contributed by atoms with Crippen LogP contribution in [0.1, 0.15) is 36.9 Å². The molecule has 7 nitrogen and oxygen atoms in total. The Morgan fingerprint density at radius 2 is 1.88 bits per heavy atom. The lowest BCUT2D eigenvalue weighted by molar-refractivity contribution is 0.159. The van der Waals surface area contributed by atoms with Gasteiger partial charge in [-0.1, -0.05) is 50.2 Å². The van der Waals surface area contributed by atoms with Crippen LogP contribution in [-0.4, -0.2) is 60.1 Å². The van der Waals surface area contributed by atoms with E-state index in [1.165, 1.54) is 6.07 Å². The first-order valence-electron chi connectivity index (χ1n) is 11.6. The average molecular weight is 466 g/mol. The lowest BCUT2D eigenvalue weighted by atomic mass is 9.94. The molecule has 0 saturated carbocycles. The summed E-state index contributed by atoms with van der Waals surface area (Å²) < 4.78 is 21.6. The van der Waals surface area contributed by atoms with Gasteiger partial charge in [0.25, 0.3) is 0 Å². The zero-order valence-electron chi connectivity index (χ0n) is 19.9. The number of benzene rings is 2.